The van der Waals surface area contributed by atoms with E-state index < -0.39 is 0 Å². The Balaban J connectivity index is 2.45. The van der Waals surface area contributed by atoms with E-state index in [0.29, 0.717) is 5.75 Å². The van der Waals surface area contributed by atoms with Crippen molar-refractivity contribution in [3.63, 3.8) is 0 Å². The van der Waals surface area contributed by atoms with Gasteiger partial charge in [0.15, 0.2) is 0 Å². The minimum Gasteiger partial charge on any atom is -0.507 e. The van der Waals surface area contributed by atoms with Gasteiger partial charge in [-0.05, 0) is 70.8 Å². The summed E-state index contributed by atoms with van der Waals surface area (Å²) in [5.41, 5.74) is 3.67. The molecule has 33 heavy (non-hydrogen) atoms. The molecule has 0 amide bonds. The lowest BCUT2D eigenvalue weighted by molar-refractivity contribution is 0.440. The van der Waals surface area contributed by atoms with Crippen LogP contribution < -0.4 is 0 Å². The molecule has 3 heteroatoms. The zero-order valence-corrected chi connectivity index (χ0v) is 24.3. The maximum atomic E-state index is 11.0. The Bertz CT molecular complexity index is 606. The Labute approximate surface area is 215 Å². The number of phenols is 1. The van der Waals surface area contributed by atoms with Crippen LogP contribution in [0.3, 0.4) is 0 Å². The molecule has 192 valence electrons. The lowest BCUT2D eigenvalue weighted by atomic mass is 9.83. The SMILES string of the molecule is CCCCCCCCSCCc1cc(CCSCCCCCCCC)c(O)c(C(C)(C)C)c1. The van der Waals surface area contributed by atoms with Crippen LogP contribution in [0, 0.1) is 0 Å². The van der Waals surface area contributed by atoms with E-state index >= 15 is 0 Å². The zero-order valence-electron chi connectivity index (χ0n) is 22.6. The van der Waals surface area contributed by atoms with Crippen molar-refractivity contribution in [1.82, 2.24) is 0 Å². The van der Waals surface area contributed by atoms with E-state index in [2.05, 4.69) is 70.3 Å². The first kappa shape index (κ1) is 30.8. The molecule has 0 aliphatic carbocycles. The Morgan fingerprint density at radius 1 is 0.636 bits per heavy atom. The van der Waals surface area contributed by atoms with Crippen LogP contribution >= 0.6 is 23.5 Å². The van der Waals surface area contributed by atoms with Crippen molar-refractivity contribution in [2.75, 3.05) is 23.0 Å². The number of aromatic hydroxyl groups is 1. The Morgan fingerprint density at radius 2 is 1.12 bits per heavy atom. The number of phenolic OH excluding ortho intramolecular Hbond substituents is 1. The second kappa shape index (κ2) is 19.0. The Hall–Kier alpha value is -0.280. The van der Waals surface area contributed by atoms with Gasteiger partial charge in [0.1, 0.15) is 5.75 Å². The smallest absolute Gasteiger partial charge is 0.122 e. The summed E-state index contributed by atoms with van der Waals surface area (Å²) in [6.45, 7) is 11.2. The van der Waals surface area contributed by atoms with Gasteiger partial charge in [0.2, 0.25) is 0 Å². The van der Waals surface area contributed by atoms with Crippen molar-refractivity contribution < 1.29 is 5.11 Å². The van der Waals surface area contributed by atoms with Crippen molar-refractivity contribution >= 4 is 23.5 Å². The summed E-state index contributed by atoms with van der Waals surface area (Å²) in [6.07, 6.45) is 18.6. The molecule has 0 fully saturated rings. The molecule has 0 saturated heterocycles. The highest BCUT2D eigenvalue weighted by Crippen LogP contribution is 2.35. The topological polar surface area (TPSA) is 20.2 Å². The molecule has 0 bridgehead atoms. The van der Waals surface area contributed by atoms with Crippen molar-refractivity contribution in [2.45, 2.75) is 130 Å². The predicted molar refractivity (Wildman–Crippen MR) is 156 cm³/mol. The fraction of sp³-hybridized carbons (Fsp3) is 0.800. The van der Waals surface area contributed by atoms with Crippen molar-refractivity contribution in [3.05, 3.63) is 28.8 Å². The summed E-state index contributed by atoms with van der Waals surface area (Å²) < 4.78 is 0. The zero-order chi connectivity index (χ0) is 24.4. The lowest BCUT2D eigenvalue weighted by Crippen LogP contribution is -2.13. The molecule has 1 N–H and O–H groups in total. The van der Waals surface area contributed by atoms with Gasteiger partial charge in [0, 0.05) is 0 Å². The first-order valence-corrected chi connectivity index (χ1v) is 16.2. The quantitative estimate of drug-likeness (QED) is 0.182. The maximum absolute atomic E-state index is 11.0. The van der Waals surface area contributed by atoms with Crippen LogP contribution in [-0.4, -0.2) is 28.1 Å². The number of rotatable bonds is 20. The molecule has 1 aromatic rings. The van der Waals surface area contributed by atoms with Gasteiger partial charge in [-0.25, -0.2) is 0 Å². The Morgan fingerprint density at radius 3 is 1.64 bits per heavy atom. The number of aryl methyl sites for hydroxylation is 2. The summed E-state index contributed by atoms with van der Waals surface area (Å²) in [5, 5.41) is 11.0. The molecule has 1 nitrogen and oxygen atoms in total. The highest BCUT2D eigenvalue weighted by atomic mass is 32.2. The van der Waals surface area contributed by atoms with Crippen LogP contribution in [0.25, 0.3) is 0 Å². The molecule has 0 aromatic heterocycles. The standard InChI is InChI=1S/C30H54OS2/c1-6-8-10-12-14-16-20-32-22-18-26-24-27(29(31)28(25-26)30(3,4)5)19-23-33-21-17-15-13-11-9-7-2/h24-25,31H,6-23H2,1-5H3. The maximum Gasteiger partial charge on any atom is 0.122 e. The van der Waals surface area contributed by atoms with Crippen LogP contribution in [-0.2, 0) is 18.3 Å². The van der Waals surface area contributed by atoms with Crippen molar-refractivity contribution in [1.29, 1.82) is 0 Å². The van der Waals surface area contributed by atoms with Gasteiger partial charge >= 0.3 is 0 Å². The second-order valence-electron chi connectivity index (χ2n) is 10.7. The molecular weight excluding hydrogens is 440 g/mol. The van der Waals surface area contributed by atoms with Gasteiger partial charge in [-0.2, -0.15) is 23.5 Å². The number of unbranched alkanes of at least 4 members (excludes halogenated alkanes) is 10. The van der Waals surface area contributed by atoms with Crippen LogP contribution in [0.5, 0.6) is 5.75 Å². The summed E-state index contributed by atoms with van der Waals surface area (Å²) in [6, 6.07) is 4.56. The molecule has 1 aromatic carbocycles. The molecule has 0 aliphatic rings. The normalized spacial score (nSPS) is 11.9. The average molecular weight is 495 g/mol. The predicted octanol–water partition coefficient (Wildman–Crippen LogP) is 9.96. The Kier molecular flexibility index (Phi) is 17.7. The molecular formula is C30H54OS2. The van der Waals surface area contributed by atoms with Gasteiger partial charge < -0.3 is 5.11 Å². The summed E-state index contributed by atoms with van der Waals surface area (Å²) in [4.78, 5) is 0. The number of hydrogen-bond acceptors (Lipinski definition) is 3. The van der Waals surface area contributed by atoms with E-state index in [1.54, 1.807) is 0 Å². The minimum absolute atomic E-state index is 0.0217. The molecule has 0 radical (unpaired) electrons. The molecule has 0 saturated carbocycles. The number of hydrogen-bond donors (Lipinski definition) is 1. The van der Waals surface area contributed by atoms with E-state index in [9.17, 15) is 5.11 Å². The third-order valence-corrected chi connectivity index (χ3v) is 8.53. The highest BCUT2D eigenvalue weighted by molar-refractivity contribution is 7.99. The molecule has 0 atom stereocenters. The van der Waals surface area contributed by atoms with Gasteiger partial charge in [0.25, 0.3) is 0 Å². The van der Waals surface area contributed by atoms with Gasteiger partial charge in [0.05, 0.1) is 0 Å². The molecule has 0 unspecified atom stereocenters. The van der Waals surface area contributed by atoms with Crippen molar-refractivity contribution in [2.24, 2.45) is 0 Å². The minimum atomic E-state index is -0.0217. The van der Waals surface area contributed by atoms with Gasteiger partial charge in [-0.3, -0.25) is 0 Å². The summed E-state index contributed by atoms with van der Waals surface area (Å²) >= 11 is 4.16. The summed E-state index contributed by atoms with van der Waals surface area (Å²) in [7, 11) is 0. The second-order valence-corrected chi connectivity index (χ2v) is 13.1. The van der Waals surface area contributed by atoms with Crippen LogP contribution in [0.1, 0.15) is 128 Å². The fourth-order valence-corrected chi connectivity index (χ4v) is 6.18. The van der Waals surface area contributed by atoms with E-state index in [4.69, 9.17) is 0 Å². The third kappa shape index (κ3) is 14.7. The van der Waals surface area contributed by atoms with Gasteiger partial charge in [-0.15, -0.1) is 0 Å². The van der Waals surface area contributed by atoms with Gasteiger partial charge in [-0.1, -0.05) is 111 Å². The van der Waals surface area contributed by atoms with E-state index in [1.807, 2.05) is 0 Å². The monoisotopic (exact) mass is 494 g/mol. The molecule has 0 spiro atoms. The largest absolute Gasteiger partial charge is 0.507 e. The average Bonchev–Trinajstić information content (AvgIpc) is 2.77. The number of thioether (sulfide) groups is 2. The summed E-state index contributed by atoms with van der Waals surface area (Å²) in [5.74, 6) is 5.40. The third-order valence-electron chi connectivity index (χ3n) is 6.39. The number of benzene rings is 1. The van der Waals surface area contributed by atoms with E-state index in [-0.39, 0.29) is 5.41 Å². The molecule has 1 rings (SSSR count). The highest BCUT2D eigenvalue weighted by Gasteiger charge is 2.21. The van der Waals surface area contributed by atoms with E-state index in [1.165, 1.54) is 99.9 Å². The van der Waals surface area contributed by atoms with E-state index in [0.717, 1.165) is 29.7 Å². The first-order valence-electron chi connectivity index (χ1n) is 13.9. The molecule has 0 aliphatic heterocycles. The lowest BCUT2D eigenvalue weighted by Gasteiger charge is -2.23. The van der Waals surface area contributed by atoms with Crippen LogP contribution in [0.15, 0.2) is 12.1 Å². The first-order chi connectivity index (χ1) is 15.9. The molecule has 0 heterocycles. The van der Waals surface area contributed by atoms with Crippen LogP contribution in [0.2, 0.25) is 0 Å². The van der Waals surface area contributed by atoms with Crippen LogP contribution in [0.4, 0.5) is 0 Å². The fourth-order valence-electron chi connectivity index (χ4n) is 4.21. The van der Waals surface area contributed by atoms with Crippen molar-refractivity contribution in [3.8, 4) is 5.75 Å².